The zero-order valence-electron chi connectivity index (χ0n) is 13.4. The summed E-state index contributed by atoms with van der Waals surface area (Å²) in [4.78, 5) is 11.3. The van der Waals surface area contributed by atoms with Crippen LogP contribution in [0.4, 0.5) is 0 Å². The monoisotopic (exact) mass is 312 g/mol. The lowest BCUT2D eigenvalue weighted by molar-refractivity contribution is 1.04. The van der Waals surface area contributed by atoms with Crippen molar-refractivity contribution < 1.29 is 0 Å². The van der Waals surface area contributed by atoms with Crippen LogP contribution in [-0.2, 0) is 6.42 Å². The highest BCUT2D eigenvalue weighted by atomic mass is 14.9. The molecule has 0 bridgehead atoms. The average molecular weight is 312 g/mol. The van der Waals surface area contributed by atoms with E-state index in [1.165, 1.54) is 16.5 Å². The number of hydrogen-bond donors (Lipinski definition) is 2. The van der Waals surface area contributed by atoms with Gasteiger partial charge in [-0.15, -0.1) is 0 Å². The first-order valence-corrected chi connectivity index (χ1v) is 7.80. The molecule has 0 amide bonds. The molecular formula is C20H16N4. The number of nitrogens with one attached hydrogen (secondary N) is 2. The number of aromatic amines is 2. The van der Waals surface area contributed by atoms with E-state index in [1.807, 2.05) is 24.4 Å². The molecule has 0 saturated heterocycles. The van der Waals surface area contributed by atoms with Gasteiger partial charge in [-0.25, -0.2) is 4.98 Å². The van der Waals surface area contributed by atoms with E-state index in [-0.39, 0.29) is 0 Å². The van der Waals surface area contributed by atoms with Crippen molar-refractivity contribution in [3.63, 3.8) is 0 Å². The molecule has 2 aromatic heterocycles. The number of H-pyrrole nitrogens is 2. The van der Waals surface area contributed by atoms with Gasteiger partial charge in [-0.3, -0.25) is 0 Å². The molecule has 4 aromatic rings. The van der Waals surface area contributed by atoms with Gasteiger partial charge in [-0.1, -0.05) is 12.7 Å². The fourth-order valence-corrected chi connectivity index (χ4v) is 3.26. The van der Waals surface area contributed by atoms with Crippen LogP contribution in [0.2, 0.25) is 0 Å². The fourth-order valence-electron chi connectivity index (χ4n) is 3.26. The average Bonchev–Trinajstić information content (AvgIpc) is 3.22. The van der Waals surface area contributed by atoms with E-state index < -0.39 is 0 Å². The number of nitriles is 1. The van der Waals surface area contributed by atoms with Gasteiger partial charge in [0.1, 0.15) is 5.82 Å². The minimum absolute atomic E-state index is 0.632. The minimum Gasteiger partial charge on any atom is -0.361 e. The van der Waals surface area contributed by atoms with Crippen molar-refractivity contribution in [2.75, 3.05) is 0 Å². The van der Waals surface area contributed by atoms with Crippen molar-refractivity contribution in [2.24, 2.45) is 0 Å². The highest BCUT2D eigenvalue weighted by Crippen LogP contribution is 2.28. The van der Waals surface area contributed by atoms with E-state index in [0.717, 1.165) is 27.9 Å². The van der Waals surface area contributed by atoms with Gasteiger partial charge in [0.05, 0.1) is 22.7 Å². The molecule has 24 heavy (non-hydrogen) atoms. The van der Waals surface area contributed by atoms with Crippen LogP contribution in [-0.4, -0.2) is 15.0 Å². The Morgan fingerprint density at radius 2 is 2.17 bits per heavy atom. The first-order valence-electron chi connectivity index (χ1n) is 7.80. The van der Waals surface area contributed by atoms with Crippen molar-refractivity contribution in [1.82, 2.24) is 15.0 Å². The predicted octanol–water partition coefficient (Wildman–Crippen LogP) is 4.46. The summed E-state index contributed by atoms with van der Waals surface area (Å²) in [7, 11) is 0. The van der Waals surface area contributed by atoms with Gasteiger partial charge in [0.25, 0.3) is 0 Å². The van der Waals surface area contributed by atoms with Crippen LogP contribution in [0.5, 0.6) is 0 Å². The molecule has 0 radical (unpaired) electrons. The molecule has 0 spiro atoms. The number of fused-ring (bicyclic) bond motifs is 2. The van der Waals surface area contributed by atoms with Crippen LogP contribution in [0.15, 0.2) is 43.1 Å². The summed E-state index contributed by atoms with van der Waals surface area (Å²) in [5.41, 5.74) is 7.08. The second kappa shape index (κ2) is 5.39. The van der Waals surface area contributed by atoms with Gasteiger partial charge >= 0.3 is 0 Å². The van der Waals surface area contributed by atoms with E-state index in [9.17, 15) is 0 Å². The normalized spacial score (nSPS) is 11.0. The third kappa shape index (κ3) is 2.19. The van der Waals surface area contributed by atoms with Crippen molar-refractivity contribution in [3.05, 3.63) is 71.2 Å². The summed E-state index contributed by atoms with van der Waals surface area (Å²) in [6.07, 6.45) is 4.55. The van der Waals surface area contributed by atoms with Gasteiger partial charge in [0.15, 0.2) is 0 Å². The lowest BCUT2D eigenvalue weighted by Crippen LogP contribution is -1.96. The third-order valence-electron chi connectivity index (χ3n) is 4.41. The highest BCUT2D eigenvalue weighted by molar-refractivity contribution is 5.89. The summed E-state index contributed by atoms with van der Waals surface area (Å²) in [5, 5.41) is 10.2. The lowest BCUT2D eigenvalue weighted by atomic mass is 9.97. The van der Waals surface area contributed by atoms with Crippen LogP contribution < -0.4 is 0 Å². The lowest BCUT2D eigenvalue weighted by Gasteiger charge is -2.09. The van der Waals surface area contributed by atoms with Crippen molar-refractivity contribution in [3.8, 4) is 6.07 Å². The van der Waals surface area contributed by atoms with Gasteiger partial charge in [0, 0.05) is 23.5 Å². The number of rotatable bonds is 3. The van der Waals surface area contributed by atoms with E-state index in [1.54, 1.807) is 6.07 Å². The highest BCUT2D eigenvalue weighted by Gasteiger charge is 2.12. The number of aryl methyl sites for hydroxylation is 1. The van der Waals surface area contributed by atoms with Crippen LogP contribution >= 0.6 is 0 Å². The number of hydrogen-bond acceptors (Lipinski definition) is 2. The standard InChI is InChI=1S/C20H16N4/c1-3-14-8-12(2)20-15(6-7-22-20)16(14)10-19-23-17-5-4-13(11-21)9-18(17)24-19/h3-9,22H,1,10H2,2H3,(H,23,24). The molecule has 116 valence electrons. The minimum atomic E-state index is 0.632. The van der Waals surface area contributed by atoms with E-state index >= 15 is 0 Å². The first-order chi connectivity index (χ1) is 11.7. The number of imidazole rings is 1. The zero-order valence-corrected chi connectivity index (χ0v) is 13.4. The molecule has 0 saturated carbocycles. The maximum Gasteiger partial charge on any atom is 0.111 e. The Labute approximate surface area is 139 Å². The van der Waals surface area contributed by atoms with Crippen LogP contribution in [0.1, 0.15) is 28.1 Å². The molecule has 0 unspecified atom stereocenters. The molecule has 4 rings (SSSR count). The summed E-state index contributed by atoms with van der Waals surface area (Å²) in [5.74, 6) is 0.884. The smallest absolute Gasteiger partial charge is 0.111 e. The Morgan fingerprint density at radius 3 is 2.96 bits per heavy atom. The van der Waals surface area contributed by atoms with Crippen LogP contribution in [0, 0.1) is 18.3 Å². The molecule has 0 aliphatic carbocycles. The predicted molar refractivity (Wildman–Crippen MR) is 96.7 cm³/mol. The molecule has 0 fully saturated rings. The maximum atomic E-state index is 9.03. The zero-order chi connectivity index (χ0) is 16.7. The topological polar surface area (TPSA) is 68.3 Å². The van der Waals surface area contributed by atoms with E-state index in [4.69, 9.17) is 5.26 Å². The number of nitrogens with zero attached hydrogens (tertiary/aromatic N) is 2. The Bertz CT molecular complexity index is 1120. The molecular weight excluding hydrogens is 296 g/mol. The molecule has 0 aliphatic rings. The van der Waals surface area contributed by atoms with Gasteiger partial charge in [-0.2, -0.15) is 5.26 Å². The molecule has 0 atom stereocenters. The summed E-state index contributed by atoms with van der Waals surface area (Å²) < 4.78 is 0. The van der Waals surface area contributed by atoms with Crippen molar-refractivity contribution in [1.29, 1.82) is 5.26 Å². The maximum absolute atomic E-state index is 9.03. The Morgan fingerprint density at radius 1 is 1.29 bits per heavy atom. The molecule has 2 heterocycles. The second-order valence-corrected chi connectivity index (χ2v) is 5.94. The van der Waals surface area contributed by atoms with Gasteiger partial charge < -0.3 is 9.97 Å². The molecule has 2 N–H and O–H groups in total. The molecule has 4 heteroatoms. The summed E-state index contributed by atoms with van der Waals surface area (Å²) in [6.45, 7) is 6.05. The van der Waals surface area contributed by atoms with Crippen molar-refractivity contribution >= 4 is 28.0 Å². The Balaban J connectivity index is 1.85. The second-order valence-electron chi connectivity index (χ2n) is 5.94. The van der Waals surface area contributed by atoms with E-state index in [0.29, 0.717) is 12.0 Å². The third-order valence-corrected chi connectivity index (χ3v) is 4.41. The van der Waals surface area contributed by atoms with Crippen molar-refractivity contribution in [2.45, 2.75) is 13.3 Å². The largest absolute Gasteiger partial charge is 0.361 e. The fraction of sp³-hybridized carbons (Fsp3) is 0.100. The number of aromatic nitrogens is 3. The molecule has 4 nitrogen and oxygen atoms in total. The van der Waals surface area contributed by atoms with Gasteiger partial charge in [-0.05, 0) is 53.9 Å². The summed E-state index contributed by atoms with van der Waals surface area (Å²) in [6, 6.07) is 11.9. The number of benzene rings is 2. The van der Waals surface area contributed by atoms with Crippen LogP contribution in [0.3, 0.4) is 0 Å². The Kier molecular flexibility index (Phi) is 3.21. The first kappa shape index (κ1) is 14.3. The summed E-state index contributed by atoms with van der Waals surface area (Å²) >= 11 is 0. The quantitative estimate of drug-likeness (QED) is 0.586. The molecule has 0 aliphatic heterocycles. The molecule has 2 aromatic carbocycles. The van der Waals surface area contributed by atoms with Gasteiger partial charge in [0.2, 0.25) is 0 Å². The SMILES string of the molecule is C=Cc1cc(C)c2[nH]ccc2c1Cc1nc2ccc(C#N)cc2[nH]1. The Hall–Kier alpha value is -3.32. The van der Waals surface area contributed by atoms with E-state index in [2.05, 4.69) is 46.7 Å². The van der Waals surface area contributed by atoms with Crippen LogP contribution in [0.25, 0.3) is 28.0 Å².